The summed E-state index contributed by atoms with van der Waals surface area (Å²) in [6.07, 6.45) is 2.71. The molecule has 0 aliphatic carbocycles. The number of rotatable bonds is 1. The van der Waals surface area contributed by atoms with Gasteiger partial charge in [-0.15, -0.1) is 0 Å². The van der Waals surface area contributed by atoms with Crippen LogP contribution in [0.15, 0.2) is 82.4 Å². The first kappa shape index (κ1) is 14.2. The zero-order valence-corrected chi connectivity index (χ0v) is 10.2. The SMILES string of the molecule is NC(=O)c1ccccccccnoocccc1. The average Bonchev–Trinajstić information content (AvgIpc) is 2.38. The van der Waals surface area contributed by atoms with Crippen molar-refractivity contribution in [3.8, 4) is 0 Å². The molecule has 1 amide bonds. The predicted molar refractivity (Wildman–Crippen MR) is 70.2 cm³/mol. The van der Waals surface area contributed by atoms with Crippen LogP contribution in [0.1, 0.15) is 10.4 Å². The molecular weight excluding hydrogens is 244 g/mol. The molecule has 0 bridgehead atoms. The predicted octanol–water partition coefficient (Wildman–Crippen LogP) is 2.74. The van der Waals surface area contributed by atoms with Gasteiger partial charge in [0.25, 0.3) is 0 Å². The van der Waals surface area contributed by atoms with Gasteiger partial charge in [-0.3, -0.25) is 9.37 Å². The third kappa shape index (κ3) is 7.17. The van der Waals surface area contributed by atoms with Crippen LogP contribution in [0, 0.1) is 0 Å². The van der Waals surface area contributed by atoms with Gasteiger partial charge in [0.2, 0.25) is 5.91 Å². The number of hydrogen-bond acceptors (Lipinski definition) is 4. The summed E-state index contributed by atoms with van der Waals surface area (Å²) in [5, 5.41) is 3.50. The van der Waals surface area contributed by atoms with Gasteiger partial charge in [0.15, 0.2) is 0 Å². The number of aromatic nitrogens is 1. The fourth-order valence-corrected chi connectivity index (χ4v) is 1.03. The number of carbonyl (C=O) groups is 1. The Bertz CT molecular complexity index is 519. The zero-order chi connectivity index (χ0) is 13.8. The number of nitrogens with zero attached hydrogens (tertiary/aromatic N) is 1. The van der Waals surface area contributed by atoms with Crippen LogP contribution in [0.4, 0.5) is 0 Å². The molecule has 1 rings (SSSR count). The highest BCUT2D eigenvalue weighted by Gasteiger charge is 1.92. The number of primary amides is 1. The van der Waals surface area contributed by atoms with Crippen LogP contribution < -0.4 is 5.73 Å². The van der Waals surface area contributed by atoms with Crippen LogP contribution in [0.5, 0.6) is 0 Å². The summed E-state index contributed by atoms with van der Waals surface area (Å²) in [4.78, 5) is 11.1. The molecule has 0 unspecified atom stereocenters. The third-order valence-electron chi connectivity index (χ3n) is 1.87. The molecule has 5 heteroatoms. The minimum absolute atomic E-state index is 0.371. The summed E-state index contributed by atoms with van der Waals surface area (Å²) in [5.74, 6) is -0.513. The molecule has 0 saturated heterocycles. The average molecular weight is 258 g/mol. The van der Waals surface area contributed by atoms with E-state index in [1.54, 1.807) is 54.6 Å². The van der Waals surface area contributed by atoms with Gasteiger partial charge in [0, 0.05) is 5.56 Å². The summed E-state index contributed by atoms with van der Waals surface area (Å²) in [5.41, 5.74) is 5.60. The molecule has 0 atom stereocenters. The molecule has 0 aliphatic heterocycles. The van der Waals surface area contributed by atoms with Gasteiger partial charge in [-0.05, 0) is 29.4 Å². The highest BCUT2D eigenvalue weighted by molar-refractivity contribution is 5.92. The van der Waals surface area contributed by atoms with Crippen LogP contribution in [-0.4, -0.2) is 11.1 Å². The lowest BCUT2D eigenvalue weighted by Crippen LogP contribution is -2.09. The van der Waals surface area contributed by atoms with E-state index in [1.807, 2.05) is 0 Å². The van der Waals surface area contributed by atoms with Gasteiger partial charge in [-0.2, -0.15) is 4.68 Å². The molecule has 1 aromatic heterocycles. The van der Waals surface area contributed by atoms with Crippen molar-refractivity contribution in [1.82, 2.24) is 5.16 Å². The summed E-state index contributed by atoms with van der Waals surface area (Å²) in [6, 6.07) is 16.8. The Hall–Kier alpha value is -2.82. The lowest BCUT2D eigenvalue weighted by Gasteiger charge is -1.86. The molecule has 1 aromatic rings. The van der Waals surface area contributed by atoms with E-state index in [2.05, 4.69) is 14.4 Å². The molecule has 19 heavy (non-hydrogen) atoms. The number of nitrogens with two attached hydrogens (primary N) is 1. The largest absolute Gasteiger partial charge is 0.366 e. The van der Waals surface area contributed by atoms with Crippen LogP contribution in [0.3, 0.4) is 0 Å². The van der Waals surface area contributed by atoms with Crippen molar-refractivity contribution < 1.29 is 14.1 Å². The van der Waals surface area contributed by atoms with Gasteiger partial charge >= 0.3 is 0 Å². The van der Waals surface area contributed by atoms with E-state index in [1.165, 1.54) is 18.5 Å². The minimum Gasteiger partial charge on any atom is -0.366 e. The first-order chi connectivity index (χ1) is 9.30. The molecule has 0 spiro atoms. The molecule has 0 saturated carbocycles. The first-order valence-corrected chi connectivity index (χ1v) is 5.50. The molecule has 5 nitrogen and oxygen atoms in total. The highest BCUT2D eigenvalue weighted by atomic mass is 17.0. The lowest BCUT2D eigenvalue weighted by molar-refractivity contribution is -0.0106. The molecule has 0 fully saturated rings. The zero-order valence-electron chi connectivity index (χ0n) is 10.2. The van der Waals surface area contributed by atoms with Crippen LogP contribution >= 0.6 is 0 Å². The Morgan fingerprint density at radius 2 is 1.58 bits per heavy atom. The minimum atomic E-state index is -0.513. The third-order valence-corrected chi connectivity index (χ3v) is 1.87. The quantitative estimate of drug-likeness (QED) is 0.785. The first-order valence-electron chi connectivity index (χ1n) is 5.50. The Morgan fingerprint density at radius 3 is 2.32 bits per heavy atom. The number of carbonyl (C=O) groups excluding carboxylic acids is 1. The van der Waals surface area contributed by atoms with Crippen LogP contribution in [0.25, 0.3) is 0 Å². The van der Waals surface area contributed by atoms with Crippen molar-refractivity contribution in [2.24, 2.45) is 5.73 Å². The van der Waals surface area contributed by atoms with Gasteiger partial charge in [-0.1, -0.05) is 36.4 Å². The molecule has 1 heterocycles. The summed E-state index contributed by atoms with van der Waals surface area (Å²) < 4.78 is 9.06. The van der Waals surface area contributed by atoms with Gasteiger partial charge in [0.1, 0.15) is 6.26 Å². The second kappa shape index (κ2) is 9.23. The number of amides is 1. The second-order valence-corrected chi connectivity index (χ2v) is 3.25. The fourth-order valence-electron chi connectivity index (χ4n) is 1.03. The summed E-state index contributed by atoms with van der Waals surface area (Å²) in [7, 11) is 0. The van der Waals surface area contributed by atoms with E-state index in [9.17, 15) is 4.79 Å². The highest BCUT2D eigenvalue weighted by Crippen LogP contribution is 1.91. The smallest absolute Gasteiger partial charge is 0.248 e. The maximum Gasteiger partial charge on any atom is 0.248 e. The van der Waals surface area contributed by atoms with E-state index in [0.29, 0.717) is 5.56 Å². The Balaban J connectivity index is 3.24. The van der Waals surface area contributed by atoms with E-state index >= 15 is 0 Å². The van der Waals surface area contributed by atoms with E-state index < -0.39 is 5.91 Å². The van der Waals surface area contributed by atoms with Crippen molar-refractivity contribution >= 4 is 5.91 Å². The summed E-state index contributed by atoms with van der Waals surface area (Å²) in [6.45, 7) is 0. The maximum absolute atomic E-state index is 11.1. The van der Waals surface area contributed by atoms with Crippen molar-refractivity contribution in [2.45, 2.75) is 0 Å². The maximum atomic E-state index is 11.1. The Kier molecular flexibility index (Phi) is 6.92. The molecule has 98 valence electrons. The lowest BCUT2D eigenvalue weighted by atomic mass is 10.2. The molecule has 0 aliphatic rings. The summed E-state index contributed by atoms with van der Waals surface area (Å²) >= 11 is 0. The molecule has 0 aromatic carbocycles. The van der Waals surface area contributed by atoms with Gasteiger partial charge in [-0.25, -0.2) is 0 Å². The van der Waals surface area contributed by atoms with Crippen LogP contribution in [-0.2, 0) is 0 Å². The van der Waals surface area contributed by atoms with E-state index in [4.69, 9.17) is 5.73 Å². The molecular formula is C14H14N2O3. The Morgan fingerprint density at radius 1 is 0.947 bits per heavy atom. The van der Waals surface area contributed by atoms with Crippen molar-refractivity contribution in [2.75, 3.05) is 0 Å². The topological polar surface area (TPSA) is 82.3 Å². The standard InChI is InChI=1S/C14H14N2O3/c15-14(17)13-9-5-3-1-2-4-7-11-16-19-18-12-8-6-10-13/h1-12H,(H2,15,17). The van der Waals surface area contributed by atoms with Crippen molar-refractivity contribution in [1.29, 1.82) is 0 Å². The Labute approximate surface area is 110 Å². The molecule has 0 radical (unpaired) electrons. The molecule has 2 N–H and O–H groups in total. The second-order valence-electron chi connectivity index (χ2n) is 3.25. The van der Waals surface area contributed by atoms with E-state index in [-0.39, 0.29) is 0 Å². The monoisotopic (exact) mass is 258 g/mol. The van der Waals surface area contributed by atoms with Crippen molar-refractivity contribution in [3.63, 3.8) is 0 Å². The van der Waals surface area contributed by atoms with Crippen LogP contribution in [0.2, 0.25) is 0 Å². The number of hydrogen-bond donors (Lipinski definition) is 1. The fraction of sp³-hybridized carbons (Fsp3) is 0. The van der Waals surface area contributed by atoms with Gasteiger partial charge < -0.3 is 5.73 Å². The van der Waals surface area contributed by atoms with E-state index in [0.717, 1.165) is 0 Å². The van der Waals surface area contributed by atoms with Crippen molar-refractivity contribution in [3.05, 3.63) is 78.7 Å². The normalized spacial score (nSPS) is 8.42. The van der Waals surface area contributed by atoms with Gasteiger partial charge in [0.05, 0.1) is 6.20 Å².